The normalized spacial score (nSPS) is 17.2. The average molecular weight is 378 g/mol. The molecule has 5 heteroatoms. The maximum atomic E-state index is 14.7. The number of aryl methyl sites for hydroxylation is 1. The molecule has 1 atom stereocenters. The van der Waals surface area contributed by atoms with E-state index < -0.39 is 0 Å². The van der Waals surface area contributed by atoms with Crippen LogP contribution in [0.3, 0.4) is 0 Å². The number of benzene rings is 2. The highest BCUT2D eigenvalue weighted by Gasteiger charge is 2.22. The van der Waals surface area contributed by atoms with Gasteiger partial charge in [0, 0.05) is 41.3 Å². The van der Waals surface area contributed by atoms with Gasteiger partial charge >= 0.3 is 0 Å². The molecule has 28 heavy (non-hydrogen) atoms. The molecule has 2 aromatic carbocycles. The highest BCUT2D eigenvalue weighted by Crippen LogP contribution is 2.37. The highest BCUT2D eigenvalue weighted by atomic mass is 19.1. The van der Waals surface area contributed by atoms with Crippen LogP contribution in [-0.2, 0) is 0 Å². The summed E-state index contributed by atoms with van der Waals surface area (Å²) in [5, 5.41) is 5.37. The number of hydrogen-bond donors (Lipinski definition) is 2. The number of nitrogens with one attached hydrogen (secondary N) is 1. The second kappa shape index (κ2) is 7.76. The lowest BCUT2D eigenvalue weighted by Gasteiger charge is -2.35. The second-order valence-corrected chi connectivity index (χ2v) is 7.77. The van der Waals surface area contributed by atoms with E-state index in [4.69, 9.17) is 5.73 Å². The van der Waals surface area contributed by atoms with E-state index >= 15 is 0 Å². The molecule has 0 saturated carbocycles. The Labute approximate surface area is 165 Å². The van der Waals surface area contributed by atoms with Gasteiger partial charge < -0.3 is 16.0 Å². The van der Waals surface area contributed by atoms with E-state index in [1.54, 1.807) is 12.3 Å². The van der Waals surface area contributed by atoms with Gasteiger partial charge in [-0.2, -0.15) is 0 Å². The molecule has 1 aliphatic rings. The smallest absolute Gasteiger partial charge is 0.131 e. The fourth-order valence-electron chi connectivity index (χ4n) is 4.40. The Morgan fingerprint density at radius 2 is 2.14 bits per heavy atom. The van der Waals surface area contributed by atoms with Crippen molar-refractivity contribution in [3.05, 3.63) is 54.0 Å². The Balaban J connectivity index is 1.87. The van der Waals surface area contributed by atoms with E-state index in [0.717, 1.165) is 53.6 Å². The Hall–Kier alpha value is -2.66. The third kappa shape index (κ3) is 3.54. The molecule has 4 rings (SSSR count). The van der Waals surface area contributed by atoms with Gasteiger partial charge in [0.1, 0.15) is 11.6 Å². The van der Waals surface area contributed by atoms with Crippen molar-refractivity contribution < 1.29 is 4.39 Å². The number of piperidine rings is 1. The minimum atomic E-state index is -0.194. The summed E-state index contributed by atoms with van der Waals surface area (Å²) in [6, 6.07) is 11.3. The van der Waals surface area contributed by atoms with Crippen LogP contribution in [0.15, 0.2) is 42.6 Å². The summed E-state index contributed by atoms with van der Waals surface area (Å²) in [6.45, 7) is 4.94. The quantitative estimate of drug-likeness (QED) is 0.708. The van der Waals surface area contributed by atoms with Crippen molar-refractivity contribution in [1.29, 1.82) is 0 Å². The Kier molecular flexibility index (Phi) is 5.18. The molecule has 0 radical (unpaired) electrons. The first-order chi connectivity index (χ1) is 13.6. The SMILES string of the molecule is CNC[C@H]1CCCN(c2cc(-c3c(C)cccc3F)cc3cnc(N)cc23)C1. The van der Waals surface area contributed by atoms with Gasteiger partial charge in [0.25, 0.3) is 0 Å². The molecule has 0 unspecified atom stereocenters. The van der Waals surface area contributed by atoms with Gasteiger partial charge in [0.05, 0.1) is 0 Å². The highest BCUT2D eigenvalue weighted by molar-refractivity contribution is 5.99. The van der Waals surface area contributed by atoms with E-state index in [1.165, 1.54) is 12.5 Å². The van der Waals surface area contributed by atoms with E-state index in [9.17, 15) is 4.39 Å². The average Bonchev–Trinajstić information content (AvgIpc) is 2.68. The Bertz CT molecular complexity index is 979. The maximum absolute atomic E-state index is 14.7. The second-order valence-electron chi connectivity index (χ2n) is 7.77. The van der Waals surface area contributed by atoms with Crippen molar-refractivity contribution in [2.75, 3.05) is 37.3 Å². The minimum Gasteiger partial charge on any atom is -0.384 e. The minimum absolute atomic E-state index is 0.194. The summed E-state index contributed by atoms with van der Waals surface area (Å²) < 4.78 is 14.7. The summed E-state index contributed by atoms with van der Waals surface area (Å²) in [5.41, 5.74) is 9.59. The van der Waals surface area contributed by atoms with E-state index in [0.29, 0.717) is 17.3 Å². The zero-order valence-electron chi connectivity index (χ0n) is 16.5. The Morgan fingerprint density at radius 1 is 1.29 bits per heavy atom. The van der Waals surface area contributed by atoms with Gasteiger partial charge in [-0.1, -0.05) is 12.1 Å². The van der Waals surface area contributed by atoms with Gasteiger partial charge in [0.15, 0.2) is 0 Å². The third-order valence-electron chi connectivity index (χ3n) is 5.70. The third-order valence-corrected chi connectivity index (χ3v) is 5.70. The fraction of sp³-hybridized carbons (Fsp3) is 0.348. The van der Waals surface area contributed by atoms with Crippen molar-refractivity contribution in [3.63, 3.8) is 0 Å². The largest absolute Gasteiger partial charge is 0.384 e. The van der Waals surface area contributed by atoms with Crippen LogP contribution in [0.5, 0.6) is 0 Å². The molecule has 1 fully saturated rings. The van der Waals surface area contributed by atoms with Crippen molar-refractivity contribution in [2.45, 2.75) is 19.8 Å². The predicted octanol–water partition coefficient (Wildman–Crippen LogP) is 4.37. The van der Waals surface area contributed by atoms with Crippen LogP contribution in [0, 0.1) is 18.7 Å². The van der Waals surface area contributed by atoms with Crippen LogP contribution in [0.1, 0.15) is 18.4 Å². The van der Waals surface area contributed by atoms with Crippen LogP contribution in [-0.4, -0.2) is 31.7 Å². The van der Waals surface area contributed by atoms with Crippen molar-refractivity contribution in [1.82, 2.24) is 10.3 Å². The van der Waals surface area contributed by atoms with Crippen molar-refractivity contribution in [2.24, 2.45) is 5.92 Å². The van der Waals surface area contributed by atoms with E-state index in [2.05, 4.69) is 21.3 Å². The molecule has 3 N–H and O–H groups in total. The van der Waals surface area contributed by atoms with Crippen LogP contribution in [0.4, 0.5) is 15.9 Å². The first-order valence-corrected chi connectivity index (χ1v) is 9.91. The summed E-state index contributed by atoms with van der Waals surface area (Å²) in [4.78, 5) is 6.70. The van der Waals surface area contributed by atoms with Crippen molar-refractivity contribution >= 4 is 22.3 Å². The summed E-state index contributed by atoms with van der Waals surface area (Å²) >= 11 is 0. The monoisotopic (exact) mass is 378 g/mol. The Morgan fingerprint density at radius 3 is 2.93 bits per heavy atom. The van der Waals surface area contributed by atoms with E-state index in [-0.39, 0.29) is 5.82 Å². The lowest BCUT2D eigenvalue weighted by molar-refractivity contribution is 0.403. The number of nitrogens with zero attached hydrogens (tertiary/aromatic N) is 2. The number of pyridine rings is 1. The molecule has 0 aliphatic carbocycles. The maximum Gasteiger partial charge on any atom is 0.131 e. The standard InChI is InChI=1S/C23H27FN4/c1-15-5-3-7-20(24)23(15)17-9-18-13-27-22(25)11-19(18)21(10-17)28-8-4-6-16(14-28)12-26-2/h3,5,7,9-11,13,16,26H,4,6,8,12,14H2,1-2H3,(H2,25,27)/t16-/m1/s1. The number of fused-ring (bicyclic) bond motifs is 1. The molecular formula is C23H27FN4. The van der Waals surface area contributed by atoms with Crippen molar-refractivity contribution in [3.8, 4) is 11.1 Å². The molecule has 0 amide bonds. The topological polar surface area (TPSA) is 54.2 Å². The number of nitrogen functional groups attached to an aromatic ring is 1. The van der Waals surface area contributed by atoms with Gasteiger partial charge in [-0.05, 0) is 74.7 Å². The predicted molar refractivity (Wildman–Crippen MR) is 115 cm³/mol. The first kappa shape index (κ1) is 18.7. The number of hydrogen-bond acceptors (Lipinski definition) is 4. The van der Waals surface area contributed by atoms with Gasteiger partial charge in [-0.25, -0.2) is 9.37 Å². The molecule has 1 saturated heterocycles. The van der Waals surface area contributed by atoms with Gasteiger partial charge in [-0.15, -0.1) is 0 Å². The summed E-state index contributed by atoms with van der Waals surface area (Å²) in [6.07, 6.45) is 4.17. The molecule has 0 spiro atoms. The summed E-state index contributed by atoms with van der Waals surface area (Å²) in [7, 11) is 2.00. The molecular weight excluding hydrogens is 351 g/mol. The first-order valence-electron chi connectivity index (χ1n) is 9.91. The number of halogens is 1. The molecule has 4 nitrogen and oxygen atoms in total. The number of aromatic nitrogens is 1. The van der Waals surface area contributed by atoms with Gasteiger partial charge in [-0.3, -0.25) is 0 Å². The number of rotatable bonds is 4. The molecule has 146 valence electrons. The zero-order valence-corrected chi connectivity index (χ0v) is 16.5. The van der Waals surface area contributed by atoms with Gasteiger partial charge in [0.2, 0.25) is 0 Å². The lowest BCUT2D eigenvalue weighted by Crippen LogP contribution is -2.39. The number of anilines is 2. The molecule has 1 aliphatic heterocycles. The molecule has 3 aromatic rings. The van der Waals surface area contributed by atoms with Crippen LogP contribution >= 0.6 is 0 Å². The van der Waals surface area contributed by atoms with Crippen LogP contribution < -0.4 is 16.0 Å². The zero-order chi connectivity index (χ0) is 19.7. The molecule has 0 bridgehead atoms. The van der Waals surface area contributed by atoms with Crippen LogP contribution in [0.2, 0.25) is 0 Å². The van der Waals surface area contributed by atoms with Crippen LogP contribution in [0.25, 0.3) is 21.9 Å². The van der Waals surface area contributed by atoms with E-state index in [1.807, 2.05) is 32.2 Å². The summed E-state index contributed by atoms with van der Waals surface area (Å²) in [5.74, 6) is 0.916. The fourth-order valence-corrected chi connectivity index (χ4v) is 4.40. The number of nitrogens with two attached hydrogens (primary N) is 1. The molecule has 2 heterocycles. The lowest BCUT2D eigenvalue weighted by atomic mass is 9.94. The molecule has 1 aromatic heterocycles.